The molecule has 7 rings (SSSR count). The zero-order chi connectivity index (χ0) is 67.1. The molecule has 3 aromatic rings. The first-order valence-corrected chi connectivity index (χ1v) is 34.6. The molecule has 12 atom stereocenters. The molecule has 4 aliphatic rings. The van der Waals surface area contributed by atoms with Gasteiger partial charge in [0.25, 0.3) is 17.7 Å². The van der Waals surface area contributed by atoms with E-state index < -0.39 is 128 Å². The predicted molar refractivity (Wildman–Crippen MR) is 346 cm³/mol. The van der Waals surface area contributed by atoms with Crippen LogP contribution in [0.1, 0.15) is 181 Å². The van der Waals surface area contributed by atoms with Crippen molar-refractivity contribution in [1.29, 1.82) is 0 Å². The Labute approximate surface area is 613 Å². The molecule has 0 bridgehead atoms. The maximum atomic E-state index is 13.0. The first-order chi connectivity index (χ1) is 44.6. The Balaban J connectivity index is 0.00000653. The average molecular weight is 1400 g/mol. The number of carboxylic acids is 1. The van der Waals surface area contributed by atoms with E-state index in [0.29, 0.717) is 82.9 Å². The van der Waals surface area contributed by atoms with Crippen molar-refractivity contribution in [3.05, 3.63) is 106 Å². The van der Waals surface area contributed by atoms with Gasteiger partial charge in [-0.15, -0.1) is 0 Å². The van der Waals surface area contributed by atoms with Crippen LogP contribution in [0.2, 0.25) is 0 Å². The van der Waals surface area contributed by atoms with Gasteiger partial charge in [0.2, 0.25) is 17.6 Å². The summed E-state index contributed by atoms with van der Waals surface area (Å²) in [5, 5.41) is 92.5. The van der Waals surface area contributed by atoms with Crippen LogP contribution < -0.4 is 90.8 Å². The molecule has 0 aromatic heterocycles. The summed E-state index contributed by atoms with van der Waals surface area (Å²) in [6, 6.07) is 18.1. The monoisotopic (exact) mass is 1400 g/mol. The quantitative estimate of drug-likeness (QED) is 0.0118. The van der Waals surface area contributed by atoms with Gasteiger partial charge in [-0.05, 0) is 122 Å². The third kappa shape index (κ3) is 25.0. The minimum absolute atomic E-state index is 0. The zero-order valence-corrected chi connectivity index (χ0v) is 60.9. The Morgan fingerprint density at radius 3 is 1.44 bits per heavy atom. The van der Waals surface area contributed by atoms with E-state index in [1.165, 1.54) is 61.7 Å². The molecule has 0 spiro atoms. The molecule has 96 heavy (non-hydrogen) atoms. The maximum Gasteiger partial charge on any atom is 1.00 e. The van der Waals surface area contributed by atoms with Crippen LogP contribution in [0, 0.1) is 0 Å². The molecule has 5 amide bonds. The summed E-state index contributed by atoms with van der Waals surface area (Å²) in [5.74, 6) is -6.26. The van der Waals surface area contributed by atoms with Crippen LogP contribution >= 0.6 is 23.5 Å². The molecule has 29 heteroatoms. The van der Waals surface area contributed by atoms with E-state index in [0.717, 1.165) is 51.0 Å². The number of thioether (sulfide) groups is 2. The standard InChI is InChI=1S/C67H92N5O19S2.2Na.H2O/c1-41(74)71-56-52(77)36-66(40-73,90-60(56)58(81)54(79)38-69-63(84)49-23-17-45(18-24-49)43-12-5-3-6-13-43)88-30-10-34-93-35-29-68-62(83)48-27-21-47(22-28-48)51(76)16-9-32-92-33-11-31-89-67(65(86)87)37-53(78)57(72-42(2)75)61(91-67)59(82)55(80)39-70-64(85)50-25-19-46(20-26-50)44-14-7-4-8-15-44;;;/h17-28,43-44,52-61,77-82H,3-16,29-39H2,1-2H3,(H,68,83)(H,69,84)(H,70,85)(H,71,74)(H,72,75)(H,86,87);;;1H2/q-1;2*+1;/p-2/t52-,53-,54+,55+,56+,57+,58+,59+,60+,61+,66+,67+;;;/m0.../s1. The van der Waals surface area contributed by atoms with Crippen LogP contribution in [0.15, 0.2) is 72.8 Å². The van der Waals surface area contributed by atoms with Gasteiger partial charge in [0.05, 0.1) is 48.9 Å². The summed E-state index contributed by atoms with van der Waals surface area (Å²) in [7, 11) is 0. The van der Waals surface area contributed by atoms with E-state index in [-0.39, 0.29) is 95.9 Å². The minimum atomic E-state index is -2.57. The molecule has 2 heterocycles. The van der Waals surface area contributed by atoms with Crippen LogP contribution in [0.5, 0.6) is 0 Å². The van der Waals surface area contributed by atoms with E-state index in [4.69, 9.17) is 18.9 Å². The number of Topliss-reactive ketones (excluding diaryl/α,β-unsaturated/α-hetero) is 1. The number of carbonyl (C=O) groups is 7. The van der Waals surface area contributed by atoms with Crippen molar-refractivity contribution in [3.8, 4) is 0 Å². The Morgan fingerprint density at radius 1 is 0.573 bits per heavy atom. The molecule has 3 aromatic carbocycles. The van der Waals surface area contributed by atoms with Gasteiger partial charge in [0.15, 0.2) is 5.78 Å². The minimum Gasteiger partial charge on any atom is -0.870 e. The molecule has 2 aliphatic carbocycles. The normalized spacial score (nSPS) is 24.1. The SMILES string of the molecule is CC(=O)N[C@H]1[C@H]([C@H](O)[C@H](O)CNC(=O)c2ccc(C3CCCCC3)cc2)O[C@]([C-]=O)(OCCCSCCNC(=O)c2ccc(C(=O)CCCSCCCO[C@]3(C(=O)[O-])C[C@H](O)[C@@H](NC(C)=O)[C@H]([C@H](O)[C@H](O)CNC(=O)c4ccc(C5CCCCC5)cc4)O3)cc2)C[C@@H]1O.[Na+].[Na+].[OH-]. The van der Waals surface area contributed by atoms with Crippen LogP contribution in [-0.2, 0) is 38.1 Å². The van der Waals surface area contributed by atoms with Crippen LogP contribution in [-0.4, -0.2) is 212 Å². The van der Waals surface area contributed by atoms with Crippen molar-refractivity contribution in [2.24, 2.45) is 0 Å². The molecular weight excluding hydrogens is 1300 g/mol. The average Bonchev–Trinajstić information content (AvgIpc) is 0.780. The van der Waals surface area contributed by atoms with E-state index in [9.17, 15) is 74.1 Å². The van der Waals surface area contributed by atoms with Gasteiger partial charge in [-0.25, -0.2) is 6.29 Å². The van der Waals surface area contributed by atoms with Crippen molar-refractivity contribution in [2.45, 2.75) is 201 Å². The summed E-state index contributed by atoms with van der Waals surface area (Å²) in [5.41, 5.74) is 3.79. The van der Waals surface area contributed by atoms with Gasteiger partial charge in [-0.2, -0.15) is 23.5 Å². The molecule has 2 saturated heterocycles. The van der Waals surface area contributed by atoms with Crippen molar-refractivity contribution >= 4 is 71.1 Å². The summed E-state index contributed by atoms with van der Waals surface area (Å²) < 4.78 is 23.3. The number of hydrogen-bond acceptors (Lipinski definition) is 22. The Bertz CT molecular complexity index is 2930. The topological polar surface area (TPSA) is 408 Å². The molecule has 520 valence electrons. The number of benzene rings is 3. The molecule has 25 nitrogen and oxygen atoms in total. The molecular formula is C67H92N5Na2O20S2-. The van der Waals surface area contributed by atoms with Crippen LogP contribution in [0.3, 0.4) is 0 Å². The summed E-state index contributed by atoms with van der Waals surface area (Å²) in [6.07, 6.45) is 0.0445. The first kappa shape index (κ1) is 84.5. The van der Waals surface area contributed by atoms with Gasteiger partial charge >= 0.3 is 59.1 Å². The molecule has 0 radical (unpaired) electrons. The van der Waals surface area contributed by atoms with Gasteiger partial charge in [-0.3, -0.25) is 28.8 Å². The van der Waals surface area contributed by atoms with Gasteiger partial charge in [0, 0.05) is 87.4 Å². The Kier molecular flexibility index (Phi) is 37.3. The van der Waals surface area contributed by atoms with Crippen LogP contribution in [0.4, 0.5) is 0 Å². The van der Waals surface area contributed by atoms with Crippen LogP contribution in [0.25, 0.3) is 0 Å². The fraction of sp³-hybridized carbons (Fsp3) is 0.612. The molecule has 2 saturated carbocycles. The number of aliphatic carboxylic acids is 1. The third-order valence-corrected chi connectivity index (χ3v) is 19.7. The third-order valence-electron chi connectivity index (χ3n) is 17.5. The number of rotatable bonds is 35. The number of ketones is 1. The number of carbonyl (C=O) groups excluding carboxylic acids is 8. The number of aliphatic hydroxyl groups is 6. The Hall–Kier alpha value is -3.92. The second-order valence-electron chi connectivity index (χ2n) is 24.5. The molecule has 0 unspecified atom stereocenters. The van der Waals surface area contributed by atoms with Crippen molar-refractivity contribution in [2.75, 3.05) is 55.9 Å². The molecule has 2 aliphatic heterocycles. The summed E-state index contributed by atoms with van der Waals surface area (Å²) in [6.45, 7) is 1.53. The van der Waals surface area contributed by atoms with Gasteiger partial charge in [-0.1, -0.05) is 74.9 Å². The van der Waals surface area contributed by atoms with E-state index in [2.05, 4.69) is 26.6 Å². The van der Waals surface area contributed by atoms with Gasteiger partial charge in [0.1, 0.15) is 30.4 Å². The maximum absolute atomic E-state index is 13.0. The largest absolute Gasteiger partial charge is 1.00 e. The number of aliphatic hydroxyl groups excluding tert-OH is 6. The summed E-state index contributed by atoms with van der Waals surface area (Å²) >= 11 is 2.97. The van der Waals surface area contributed by atoms with Crippen molar-refractivity contribution in [3.63, 3.8) is 0 Å². The number of nitrogens with one attached hydrogen (secondary N) is 5. The number of ether oxygens (including phenoxy) is 4. The van der Waals surface area contributed by atoms with E-state index in [1.54, 1.807) is 54.8 Å². The Morgan fingerprint density at radius 2 is 0.979 bits per heavy atom. The van der Waals surface area contributed by atoms with Crippen molar-refractivity contribution < 1.29 is 158 Å². The second-order valence-corrected chi connectivity index (χ2v) is 26.9. The predicted octanol–water partition coefficient (Wildman–Crippen LogP) is -3.55. The summed E-state index contributed by atoms with van der Waals surface area (Å²) in [4.78, 5) is 101. The van der Waals surface area contributed by atoms with Crippen molar-refractivity contribution in [1.82, 2.24) is 26.6 Å². The number of hydrogen-bond donors (Lipinski definition) is 11. The second kappa shape index (κ2) is 42.4. The first-order valence-electron chi connectivity index (χ1n) is 32.3. The fourth-order valence-electron chi connectivity index (χ4n) is 12.4. The molecule has 12 N–H and O–H groups in total. The van der Waals surface area contributed by atoms with E-state index in [1.807, 2.05) is 24.3 Å². The zero-order valence-electron chi connectivity index (χ0n) is 55.3. The van der Waals surface area contributed by atoms with E-state index >= 15 is 0 Å². The number of carboxylic acid groups (broad SMARTS) is 1. The fourth-order valence-corrected chi connectivity index (χ4v) is 14.0. The molecule has 4 fully saturated rings. The van der Waals surface area contributed by atoms with Gasteiger partial charge < -0.3 is 96.3 Å². The number of amides is 5. The smallest absolute Gasteiger partial charge is 0.870 e.